The molecule has 9 heteroatoms. The summed E-state index contributed by atoms with van der Waals surface area (Å²) in [5, 5.41) is 13.4. The number of benzene rings is 1. The molecule has 2 aromatic rings. The minimum atomic E-state index is -0.580. The number of non-ortho nitro benzene ring substituents is 1. The van der Waals surface area contributed by atoms with Gasteiger partial charge in [-0.2, -0.15) is 0 Å². The molecule has 7 nitrogen and oxygen atoms in total. The zero-order valence-electron chi connectivity index (χ0n) is 9.71. The first-order valence-corrected chi connectivity index (χ1v) is 6.36. The van der Waals surface area contributed by atoms with Gasteiger partial charge in [-0.25, -0.2) is 9.97 Å². The number of nitrogens with one attached hydrogen (secondary N) is 1. The Morgan fingerprint density at radius 1 is 1.30 bits per heavy atom. The van der Waals surface area contributed by atoms with Crippen LogP contribution in [0.5, 0.6) is 0 Å². The lowest BCUT2D eigenvalue weighted by Gasteiger charge is -2.04. The van der Waals surface area contributed by atoms with Gasteiger partial charge in [0, 0.05) is 22.2 Å². The molecular formula is C11H6BrClN4O3. The number of carbonyl (C=O) groups excluding carboxylic acids is 1. The van der Waals surface area contributed by atoms with E-state index in [0.29, 0.717) is 4.47 Å². The third kappa shape index (κ3) is 3.49. The van der Waals surface area contributed by atoms with Gasteiger partial charge in [0.1, 0.15) is 5.15 Å². The summed E-state index contributed by atoms with van der Waals surface area (Å²) in [4.78, 5) is 29.7. The van der Waals surface area contributed by atoms with Gasteiger partial charge in [-0.3, -0.25) is 14.9 Å². The SMILES string of the molecule is O=C(Nc1cnc(Cl)cn1)c1cc(Br)cc([N+](=O)[O-])c1. The van der Waals surface area contributed by atoms with Crippen molar-refractivity contribution in [1.82, 2.24) is 9.97 Å². The van der Waals surface area contributed by atoms with Crippen molar-refractivity contribution in [2.75, 3.05) is 5.32 Å². The zero-order valence-corrected chi connectivity index (χ0v) is 12.1. The quantitative estimate of drug-likeness (QED) is 0.672. The molecule has 0 aliphatic rings. The average molecular weight is 358 g/mol. The highest BCUT2D eigenvalue weighted by molar-refractivity contribution is 9.10. The molecule has 1 aromatic carbocycles. The third-order valence-electron chi connectivity index (χ3n) is 2.22. The predicted octanol–water partition coefficient (Wildman–Crippen LogP) is 3.05. The summed E-state index contributed by atoms with van der Waals surface area (Å²) in [6.07, 6.45) is 2.56. The summed E-state index contributed by atoms with van der Waals surface area (Å²) in [6, 6.07) is 3.94. The Kier molecular flexibility index (Phi) is 4.26. The molecule has 0 radical (unpaired) electrons. The highest BCUT2D eigenvalue weighted by atomic mass is 79.9. The van der Waals surface area contributed by atoms with Crippen molar-refractivity contribution in [3.8, 4) is 0 Å². The number of nitrogens with zero attached hydrogens (tertiary/aromatic N) is 3. The third-order valence-corrected chi connectivity index (χ3v) is 2.87. The molecule has 0 spiro atoms. The Balaban J connectivity index is 2.25. The minimum Gasteiger partial charge on any atom is -0.305 e. The number of halogens is 2. The molecule has 0 saturated carbocycles. The van der Waals surface area contributed by atoms with Gasteiger partial charge < -0.3 is 5.32 Å². The van der Waals surface area contributed by atoms with Crippen LogP contribution in [0.25, 0.3) is 0 Å². The van der Waals surface area contributed by atoms with Crippen molar-refractivity contribution in [2.24, 2.45) is 0 Å². The highest BCUT2D eigenvalue weighted by Gasteiger charge is 2.14. The van der Waals surface area contributed by atoms with Crippen LogP contribution in [0.2, 0.25) is 5.15 Å². The number of aromatic nitrogens is 2. The van der Waals surface area contributed by atoms with Crippen LogP contribution in [0.1, 0.15) is 10.4 Å². The van der Waals surface area contributed by atoms with Crippen molar-refractivity contribution in [1.29, 1.82) is 0 Å². The minimum absolute atomic E-state index is 0.128. The van der Waals surface area contributed by atoms with Crippen LogP contribution >= 0.6 is 27.5 Å². The normalized spacial score (nSPS) is 10.1. The highest BCUT2D eigenvalue weighted by Crippen LogP contribution is 2.22. The summed E-state index contributed by atoms with van der Waals surface area (Å²) >= 11 is 8.69. The van der Waals surface area contributed by atoms with E-state index in [2.05, 4.69) is 31.2 Å². The topological polar surface area (TPSA) is 98.0 Å². The number of anilines is 1. The molecule has 1 aromatic heterocycles. The van der Waals surface area contributed by atoms with E-state index in [1.54, 1.807) is 0 Å². The maximum Gasteiger partial charge on any atom is 0.271 e. The second-order valence-electron chi connectivity index (χ2n) is 3.63. The number of hydrogen-bond acceptors (Lipinski definition) is 5. The largest absolute Gasteiger partial charge is 0.305 e. The number of hydrogen-bond donors (Lipinski definition) is 1. The van der Waals surface area contributed by atoms with E-state index in [0.717, 1.165) is 0 Å². The van der Waals surface area contributed by atoms with E-state index in [-0.39, 0.29) is 22.2 Å². The summed E-state index contributed by atoms with van der Waals surface area (Å²) in [5.41, 5.74) is -0.0606. The standard InChI is InChI=1S/C11H6BrClN4O3/c12-7-1-6(2-8(3-7)17(19)20)11(18)16-10-5-14-9(13)4-15-10/h1-5H,(H,15,16,18). The van der Waals surface area contributed by atoms with Crippen LogP contribution in [-0.4, -0.2) is 20.8 Å². The zero-order chi connectivity index (χ0) is 14.7. The summed E-state index contributed by atoms with van der Waals surface area (Å²) < 4.78 is 0.430. The molecule has 2 rings (SSSR count). The molecule has 1 N–H and O–H groups in total. The van der Waals surface area contributed by atoms with Crippen molar-refractivity contribution in [3.63, 3.8) is 0 Å². The number of nitro benzene ring substituents is 1. The smallest absolute Gasteiger partial charge is 0.271 e. The molecule has 0 atom stereocenters. The Bertz CT molecular complexity index is 678. The molecule has 1 amide bonds. The van der Waals surface area contributed by atoms with Crippen molar-refractivity contribution in [2.45, 2.75) is 0 Å². The van der Waals surface area contributed by atoms with E-state index < -0.39 is 10.8 Å². The Morgan fingerprint density at radius 2 is 2.05 bits per heavy atom. The fraction of sp³-hybridized carbons (Fsp3) is 0. The number of nitro groups is 1. The molecule has 0 aliphatic heterocycles. The summed E-state index contributed by atoms with van der Waals surface area (Å²) in [6.45, 7) is 0. The summed E-state index contributed by atoms with van der Waals surface area (Å²) in [5.74, 6) is -0.340. The Labute approximate surface area is 126 Å². The van der Waals surface area contributed by atoms with Crippen LogP contribution < -0.4 is 5.32 Å². The second kappa shape index (κ2) is 5.93. The van der Waals surface area contributed by atoms with E-state index >= 15 is 0 Å². The number of rotatable bonds is 3. The number of amides is 1. The summed E-state index contributed by atoms with van der Waals surface area (Å²) in [7, 11) is 0. The lowest BCUT2D eigenvalue weighted by Crippen LogP contribution is -2.13. The van der Waals surface area contributed by atoms with Gasteiger partial charge in [-0.15, -0.1) is 0 Å². The fourth-order valence-electron chi connectivity index (χ4n) is 1.38. The van der Waals surface area contributed by atoms with Gasteiger partial charge in [0.2, 0.25) is 0 Å². The van der Waals surface area contributed by atoms with Crippen LogP contribution in [0.3, 0.4) is 0 Å². The Morgan fingerprint density at radius 3 is 2.65 bits per heavy atom. The lowest BCUT2D eigenvalue weighted by atomic mass is 10.2. The van der Waals surface area contributed by atoms with Gasteiger partial charge in [0.25, 0.3) is 11.6 Å². The molecule has 0 bridgehead atoms. The molecule has 0 fully saturated rings. The van der Waals surface area contributed by atoms with E-state index in [1.807, 2.05) is 0 Å². The van der Waals surface area contributed by atoms with Gasteiger partial charge in [-0.1, -0.05) is 27.5 Å². The molecule has 1 heterocycles. The fourth-order valence-corrected chi connectivity index (χ4v) is 1.95. The second-order valence-corrected chi connectivity index (χ2v) is 4.94. The first-order chi connectivity index (χ1) is 9.45. The molecule has 0 saturated heterocycles. The van der Waals surface area contributed by atoms with Gasteiger partial charge in [0.05, 0.1) is 17.3 Å². The van der Waals surface area contributed by atoms with Gasteiger partial charge in [0.15, 0.2) is 5.82 Å². The average Bonchev–Trinajstić information content (AvgIpc) is 2.40. The maximum atomic E-state index is 12.0. The van der Waals surface area contributed by atoms with Crippen molar-refractivity contribution >= 4 is 44.9 Å². The van der Waals surface area contributed by atoms with Gasteiger partial charge in [-0.05, 0) is 6.07 Å². The molecular weight excluding hydrogens is 352 g/mol. The first-order valence-electron chi connectivity index (χ1n) is 5.19. The predicted molar refractivity (Wildman–Crippen MR) is 75.8 cm³/mol. The number of carbonyl (C=O) groups is 1. The van der Waals surface area contributed by atoms with Crippen LogP contribution in [0, 0.1) is 10.1 Å². The molecule has 0 unspecified atom stereocenters. The molecule has 102 valence electrons. The first kappa shape index (κ1) is 14.4. The Hall–Kier alpha value is -2.06. The van der Waals surface area contributed by atoms with Gasteiger partial charge >= 0.3 is 0 Å². The molecule has 0 aliphatic carbocycles. The van der Waals surface area contributed by atoms with Crippen LogP contribution in [0.4, 0.5) is 11.5 Å². The van der Waals surface area contributed by atoms with E-state index in [1.165, 1.54) is 30.6 Å². The van der Waals surface area contributed by atoms with Crippen molar-refractivity contribution < 1.29 is 9.72 Å². The van der Waals surface area contributed by atoms with Crippen molar-refractivity contribution in [3.05, 3.63) is 55.9 Å². The van der Waals surface area contributed by atoms with Crippen LogP contribution in [-0.2, 0) is 0 Å². The van der Waals surface area contributed by atoms with E-state index in [4.69, 9.17) is 11.6 Å². The molecule has 20 heavy (non-hydrogen) atoms. The lowest BCUT2D eigenvalue weighted by molar-refractivity contribution is -0.384. The van der Waals surface area contributed by atoms with E-state index in [9.17, 15) is 14.9 Å². The maximum absolute atomic E-state index is 12.0. The monoisotopic (exact) mass is 356 g/mol. The van der Waals surface area contributed by atoms with Crippen LogP contribution in [0.15, 0.2) is 35.1 Å².